The van der Waals surface area contributed by atoms with Crippen LogP contribution in [0.3, 0.4) is 0 Å². The molecule has 0 spiro atoms. The number of amides is 3. The average molecular weight is 254 g/mol. The molecule has 1 saturated heterocycles. The number of hydrogen-bond donors (Lipinski definition) is 1. The molecule has 0 aromatic heterocycles. The normalized spacial score (nSPS) is 18.8. The standard InChI is InChI=1S/C13H22N2O3/c1-9(16)14-10(13(2,3)4)8-15-11(17)6-5-7-12(15)18/h10H,5-8H2,1-4H3,(H,14,16)/t10-/m1/s1. The van der Waals surface area contributed by atoms with E-state index in [9.17, 15) is 14.4 Å². The fraction of sp³-hybridized carbons (Fsp3) is 0.769. The molecule has 0 saturated carbocycles. The summed E-state index contributed by atoms with van der Waals surface area (Å²) in [5.74, 6) is -0.413. The molecule has 1 aliphatic heterocycles. The molecule has 0 aliphatic carbocycles. The number of piperidine rings is 1. The van der Waals surface area contributed by atoms with Crippen molar-refractivity contribution in [3.8, 4) is 0 Å². The van der Waals surface area contributed by atoms with Crippen LogP contribution in [0, 0.1) is 5.41 Å². The molecule has 0 unspecified atom stereocenters. The Morgan fingerprint density at radius 3 is 2.17 bits per heavy atom. The van der Waals surface area contributed by atoms with Crippen molar-refractivity contribution in [2.45, 2.75) is 53.0 Å². The minimum atomic E-state index is -0.221. The molecule has 1 heterocycles. The van der Waals surface area contributed by atoms with Crippen LogP contribution in [0.15, 0.2) is 0 Å². The largest absolute Gasteiger partial charge is 0.351 e. The van der Waals surface area contributed by atoms with Gasteiger partial charge in [-0.3, -0.25) is 19.3 Å². The van der Waals surface area contributed by atoms with E-state index in [0.717, 1.165) is 0 Å². The van der Waals surface area contributed by atoms with Crippen molar-refractivity contribution in [3.05, 3.63) is 0 Å². The van der Waals surface area contributed by atoms with E-state index < -0.39 is 0 Å². The summed E-state index contributed by atoms with van der Waals surface area (Å²) in [6.45, 7) is 7.64. The summed E-state index contributed by atoms with van der Waals surface area (Å²) in [4.78, 5) is 36.0. The van der Waals surface area contributed by atoms with E-state index in [4.69, 9.17) is 0 Å². The highest BCUT2D eigenvalue weighted by molar-refractivity contribution is 5.97. The van der Waals surface area contributed by atoms with E-state index in [1.807, 2.05) is 20.8 Å². The van der Waals surface area contributed by atoms with Gasteiger partial charge in [-0.15, -0.1) is 0 Å². The fourth-order valence-corrected chi connectivity index (χ4v) is 1.97. The Balaban J connectivity index is 2.78. The van der Waals surface area contributed by atoms with Crippen LogP contribution in [-0.2, 0) is 14.4 Å². The molecular weight excluding hydrogens is 232 g/mol. The minimum absolute atomic E-state index is 0.133. The van der Waals surface area contributed by atoms with Gasteiger partial charge in [-0.2, -0.15) is 0 Å². The Labute approximate surface area is 108 Å². The predicted octanol–water partition coefficient (Wildman–Crippen LogP) is 1.08. The van der Waals surface area contributed by atoms with Crippen LogP contribution in [0.4, 0.5) is 0 Å². The van der Waals surface area contributed by atoms with Crippen molar-refractivity contribution in [1.82, 2.24) is 10.2 Å². The molecule has 102 valence electrons. The SMILES string of the molecule is CC(=O)N[C@H](CN1C(=O)CCCC1=O)C(C)(C)C. The average Bonchev–Trinajstić information content (AvgIpc) is 2.20. The van der Waals surface area contributed by atoms with E-state index in [1.54, 1.807) is 0 Å². The maximum Gasteiger partial charge on any atom is 0.229 e. The second-order valence-corrected chi connectivity index (χ2v) is 5.87. The zero-order valence-electron chi connectivity index (χ0n) is 11.6. The first kappa shape index (κ1) is 14.7. The summed E-state index contributed by atoms with van der Waals surface area (Å²) in [6.07, 6.45) is 1.47. The first-order valence-corrected chi connectivity index (χ1v) is 6.32. The Kier molecular flexibility index (Phi) is 4.48. The lowest BCUT2D eigenvalue weighted by atomic mass is 9.86. The van der Waals surface area contributed by atoms with Gasteiger partial charge in [0, 0.05) is 26.3 Å². The molecule has 1 aliphatic rings. The van der Waals surface area contributed by atoms with Gasteiger partial charge in [-0.05, 0) is 11.8 Å². The number of carbonyl (C=O) groups excluding carboxylic acids is 3. The molecule has 0 aromatic carbocycles. The van der Waals surface area contributed by atoms with Gasteiger partial charge in [0.25, 0.3) is 0 Å². The van der Waals surface area contributed by atoms with Crippen LogP contribution in [-0.4, -0.2) is 35.2 Å². The lowest BCUT2D eigenvalue weighted by Crippen LogP contribution is -2.53. The van der Waals surface area contributed by atoms with Crippen LogP contribution >= 0.6 is 0 Å². The zero-order valence-corrected chi connectivity index (χ0v) is 11.6. The fourth-order valence-electron chi connectivity index (χ4n) is 1.97. The first-order valence-electron chi connectivity index (χ1n) is 6.32. The highest BCUT2D eigenvalue weighted by Crippen LogP contribution is 2.22. The van der Waals surface area contributed by atoms with Crippen LogP contribution in [0.1, 0.15) is 47.0 Å². The van der Waals surface area contributed by atoms with Gasteiger partial charge in [-0.25, -0.2) is 0 Å². The van der Waals surface area contributed by atoms with Gasteiger partial charge < -0.3 is 5.32 Å². The maximum atomic E-state index is 11.7. The molecule has 18 heavy (non-hydrogen) atoms. The van der Waals surface area contributed by atoms with E-state index in [-0.39, 0.29) is 35.7 Å². The molecule has 0 bridgehead atoms. The quantitative estimate of drug-likeness (QED) is 0.766. The molecular formula is C13H22N2O3. The van der Waals surface area contributed by atoms with Crippen molar-refractivity contribution in [1.29, 1.82) is 0 Å². The van der Waals surface area contributed by atoms with E-state index in [1.165, 1.54) is 11.8 Å². The van der Waals surface area contributed by atoms with Gasteiger partial charge >= 0.3 is 0 Å². The van der Waals surface area contributed by atoms with Crippen LogP contribution < -0.4 is 5.32 Å². The highest BCUT2D eigenvalue weighted by Gasteiger charge is 2.33. The molecule has 0 radical (unpaired) electrons. The number of likely N-dealkylation sites (tertiary alicyclic amines) is 1. The van der Waals surface area contributed by atoms with Crippen molar-refractivity contribution in [3.63, 3.8) is 0 Å². The molecule has 1 fully saturated rings. The molecule has 5 nitrogen and oxygen atoms in total. The third-order valence-electron chi connectivity index (χ3n) is 3.17. The summed E-state index contributed by atoms with van der Waals surface area (Å²) in [6, 6.07) is -0.221. The van der Waals surface area contributed by atoms with Gasteiger partial charge in [0.1, 0.15) is 0 Å². The summed E-state index contributed by atoms with van der Waals surface area (Å²) < 4.78 is 0. The summed E-state index contributed by atoms with van der Waals surface area (Å²) in [5, 5.41) is 2.82. The van der Waals surface area contributed by atoms with Crippen LogP contribution in [0.2, 0.25) is 0 Å². The molecule has 1 atom stereocenters. The molecule has 5 heteroatoms. The Hall–Kier alpha value is -1.39. The Morgan fingerprint density at radius 1 is 1.28 bits per heavy atom. The smallest absolute Gasteiger partial charge is 0.229 e. The summed E-state index contributed by atoms with van der Waals surface area (Å²) >= 11 is 0. The number of nitrogens with zero attached hydrogens (tertiary/aromatic N) is 1. The second-order valence-electron chi connectivity index (χ2n) is 5.87. The van der Waals surface area contributed by atoms with Crippen LogP contribution in [0.5, 0.6) is 0 Å². The lowest BCUT2D eigenvalue weighted by molar-refractivity contribution is -0.149. The van der Waals surface area contributed by atoms with E-state index in [0.29, 0.717) is 19.3 Å². The topological polar surface area (TPSA) is 66.5 Å². The number of rotatable bonds is 3. The predicted molar refractivity (Wildman–Crippen MR) is 67.6 cm³/mol. The molecule has 1 rings (SSSR count). The number of imide groups is 1. The zero-order chi connectivity index (χ0) is 13.9. The third-order valence-corrected chi connectivity index (χ3v) is 3.17. The van der Waals surface area contributed by atoms with Crippen LogP contribution in [0.25, 0.3) is 0 Å². The Bertz CT molecular complexity index is 342. The monoisotopic (exact) mass is 254 g/mol. The van der Waals surface area contributed by atoms with Crippen molar-refractivity contribution in [2.24, 2.45) is 5.41 Å². The third kappa shape index (κ3) is 3.82. The van der Waals surface area contributed by atoms with Gasteiger partial charge in [0.15, 0.2) is 0 Å². The van der Waals surface area contributed by atoms with Gasteiger partial charge in [-0.1, -0.05) is 20.8 Å². The molecule has 1 N–H and O–H groups in total. The van der Waals surface area contributed by atoms with Gasteiger partial charge in [0.05, 0.1) is 6.04 Å². The lowest BCUT2D eigenvalue weighted by Gasteiger charge is -2.36. The number of nitrogens with one attached hydrogen (secondary N) is 1. The van der Waals surface area contributed by atoms with Crippen molar-refractivity contribution in [2.75, 3.05) is 6.54 Å². The Morgan fingerprint density at radius 2 is 1.78 bits per heavy atom. The molecule has 3 amide bonds. The summed E-state index contributed by atoms with van der Waals surface area (Å²) in [5.41, 5.74) is -0.205. The van der Waals surface area contributed by atoms with Crippen molar-refractivity contribution < 1.29 is 14.4 Å². The maximum absolute atomic E-state index is 11.7. The van der Waals surface area contributed by atoms with E-state index in [2.05, 4.69) is 5.32 Å². The highest BCUT2D eigenvalue weighted by atomic mass is 16.2. The van der Waals surface area contributed by atoms with Crippen molar-refractivity contribution >= 4 is 17.7 Å². The van der Waals surface area contributed by atoms with Gasteiger partial charge in [0.2, 0.25) is 17.7 Å². The first-order chi connectivity index (χ1) is 8.21. The number of carbonyl (C=O) groups is 3. The van der Waals surface area contributed by atoms with E-state index >= 15 is 0 Å². The second kappa shape index (κ2) is 5.50. The summed E-state index contributed by atoms with van der Waals surface area (Å²) in [7, 11) is 0. The number of hydrogen-bond acceptors (Lipinski definition) is 3. The molecule has 0 aromatic rings. The minimum Gasteiger partial charge on any atom is -0.351 e.